The van der Waals surface area contributed by atoms with Gasteiger partial charge in [0.1, 0.15) is 5.41 Å². The Morgan fingerprint density at radius 2 is 2.17 bits per heavy atom. The molecule has 1 N–H and O–H groups in total. The van der Waals surface area contributed by atoms with Crippen LogP contribution in [0.4, 0.5) is 0 Å². The van der Waals surface area contributed by atoms with Crippen LogP contribution in [0.1, 0.15) is 62.7 Å². The Bertz CT molecular complexity index is 450. The first-order valence-corrected chi connectivity index (χ1v) is 6.83. The van der Waals surface area contributed by atoms with E-state index in [0.717, 1.165) is 38.1 Å². The molecule has 0 radical (unpaired) electrons. The third-order valence-electron chi connectivity index (χ3n) is 4.14. The molecule has 5 nitrogen and oxygen atoms in total. The lowest BCUT2D eigenvalue weighted by molar-refractivity contribution is 0.231. The zero-order chi connectivity index (χ0) is 12.4. The topological polar surface area (TPSA) is 74.7 Å². The Labute approximate surface area is 107 Å². The second kappa shape index (κ2) is 4.69. The first-order valence-electron chi connectivity index (χ1n) is 6.83. The Morgan fingerprint density at radius 1 is 1.28 bits per heavy atom. The van der Waals surface area contributed by atoms with E-state index in [4.69, 9.17) is 4.52 Å². The third kappa shape index (κ3) is 1.91. The van der Waals surface area contributed by atoms with Gasteiger partial charge < -0.3 is 9.84 Å². The highest BCUT2D eigenvalue weighted by Gasteiger charge is 2.44. The van der Waals surface area contributed by atoms with Crippen LogP contribution in [-0.2, 0) is 5.41 Å². The van der Waals surface area contributed by atoms with Crippen LogP contribution in [-0.4, -0.2) is 16.7 Å². The molecule has 1 aromatic heterocycles. The molecular formula is C13H18N4O. The van der Waals surface area contributed by atoms with E-state index in [-0.39, 0.29) is 6.04 Å². The van der Waals surface area contributed by atoms with Crippen molar-refractivity contribution in [2.24, 2.45) is 0 Å². The standard InChI is InChI=1S/C13H18N4O/c14-9-13(6-4-7-13)12-16-11(17-18-12)10-5-2-1-3-8-15-10/h10,15H,1-8H2/t10-/m0/s1. The number of nitrogens with zero attached hydrogens (tertiary/aromatic N) is 3. The molecule has 1 saturated carbocycles. The van der Waals surface area contributed by atoms with Crippen molar-refractivity contribution >= 4 is 0 Å². The second-order valence-electron chi connectivity index (χ2n) is 5.36. The fourth-order valence-corrected chi connectivity index (χ4v) is 2.72. The van der Waals surface area contributed by atoms with E-state index in [1.54, 1.807) is 0 Å². The highest BCUT2D eigenvalue weighted by atomic mass is 16.5. The summed E-state index contributed by atoms with van der Waals surface area (Å²) in [6, 6.07) is 2.54. The molecule has 1 aliphatic carbocycles. The normalized spacial score (nSPS) is 26.9. The maximum atomic E-state index is 9.26. The molecule has 0 unspecified atom stereocenters. The Kier molecular flexibility index (Phi) is 3.04. The number of hydrogen-bond acceptors (Lipinski definition) is 5. The SMILES string of the molecule is N#CC1(c2nc([C@@H]3CCCCCN3)no2)CCC1. The zero-order valence-corrected chi connectivity index (χ0v) is 10.5. The van der Waals surface area contributed by atoms with Crippen molar-refractivity contribution in [1.29, 1.82) is 5.26 Å². The van der Waals surface area contributed by atoms with Crippen LogP contribution < -0.4 is 5.32 Å². The monoisotopic (exact) mass is 246 g/mol. The molecule has 0 spiro atoms. The van der Waals surface area contributed by atoms with Gasteiger partial charge in [-0.15, -0.1) is 0 Å². The van der Waals surface area contributed by atoms with Crippen LogP contribution in [0.15, 0.2) is 4.52 Å². The molecule has 2 fully saturated rings. The van der Waals surface area contributed by atoms with Crippen molar-refractivity contribution in [3.63, 3.8) is 0 Å². The Balaban J connectivity index is 1.78. The van der Waals surface area contributed by atoms with Gasteiger partial charge in [0.15, 0.2) is 5.82 Å². The average Bonchev–Trinajstić information content (AvgIpc) is 2.65. The Hall–Kier alpha value is -1.41. The largest absolute Gasteiger partial charge is 0.338 e. The predicted octanol–water partition coefficient (Wildman–Crippen LogP) is 2.22. The minimum absolute atomic E-state index is 0.195. The van der Waals surface area contributed by atoms with E-state index in [1.165, 1.54) is 19.3 Å². The van der Waals surface area contributed by atoms with Crippen molar-refractivity contribution in [3.8, 4) is 6.07 Å². The highest BCUT2D eigenvalue weighted by molar-refractivity contribution is 5.22. The molecule has 5 heteroatoms. The number of nitriles is 1. The number of nitrogens with one attached hydrogen (secondary N) is 1. The van der Waals surface area contributed by atoms with Gasteiger partial charge in [0.05, 0.1) is 12.1 Å². The fourth-order valence-electron chi connectivity index (χ4n) is 2.72. The number of hydrogen-bond donors (Lipinski definition) is 1. The quantitative estimate of drug-likeness (QED) is 0.866. The van der Waals surface area contributed by atoms with Gasteiger partial charge in [-0.25, -0.2) is 0 Å². The number of rotatable bonds is 2. The van der Waals surface area contributed by atoms with E-state index >= 15 is 0 Å². The van der Waals surface area contributed by atoms with Crippen LogP contribution in [0.2, 0.25) is 0 Å². The summed E-state index contributed by atoms with van der Waals surface area (Å²) < 4.78 is 5.33. The van der Waals surface area contributed by atoms with Gasteiger partial charge in [-0.05, 0) is 38.6 Å². The molecule has 1 aromatic rings. The van der Waals surface area contributed by atoms with Crippen LogP contribution in [0.3, 0.4) is 0 Å². The molecule has 1 saturated heterocycles. The van der Waals surface area contributed by atoms with E-state index in [0.29, 0.717) is 5.89 Å². The molecule has 0 bridgehead atoms. The summed E-state index contributed by atoms with van der Waals surface area (Å²) in [6.07, 6.45) is 7.50. The van der Waals surface area contributed by atoms with Gasteiger partial charge in [-0.3, -0.25) is 0 Å². The van der Waals surface area contributed by atoms with Crippen LogP contribution >= 0.6 is 0 Å². The molecule has 2 heterocycles. The van der Waals surface area contributed by atoms with Gasteiger partial charge >= 0.3 is 0 Å². The van der Waals surface area contributed by atoms with E-state index in [9.17, 15) is 5.26 Å². The second-order valence-corrected chi connectivity index (χ2v) is 5.36. The van der Waals surface area contributed by atoms with E-state index in [2.05, 4.69) is 21.5 Å². The number of aromatic nitrogens is 2. The van der Waals surface area contributed by atoms with Gasteiger partial charge in [-0.1, -0.05) is 18.0 Å². The van der Waals surface area contributed by atoms with Crippen LogP contribution in [0.5, 0.6) is 0 Å². The lowest BCUT2D eigenvalue weighted by Gasteiger charge is -2.30. The smallest absolute Gasteiger partial charge is 0.247 e. The van der Waals surface area contributed by atoms with Gasteiger partial charge in [-0.2, -0.15) is 10.2 Å². The lowest BCUT2D eigenvalue weighted by Crippen LogP contribution is -2.32. The summed E-state index contributed by atoms with van der Waals surface area (Å²) in [5, 5.41) is 16.8. The van der Waals surface area contributed by atoms with Crippen molar-refractivity contribution in [2.45, 2.75) is 56.4 Å². The van der Waals surface area contributed by atoms with Crippen molar-refractivity contribution in [2.75, 3.05) is 6.54 Å². The van der Waals surface area contributed by atoms with Gasteiger partial charge in [0.2, 0.25) is 5.89 Å². The predicted molar refractivity (Wildman–Crippen MR) is 64.7 cm³/mol. The molecule has 96 valence electrons. The van der Waals surface area contributed by atoms with Crippen molar-refractivity contribution in [1.82, 2.24) is 15.5 Å². The summed E-state index contributed by atoms with van der Waals surface area (Å²) in [5.41, 5.74) is -0.490. The molecular weight excluding hydrogens is 228 g/mol. The van der Waals surface area contributed by atoms with Gasteiger partial charge in [0.25, 0.3) is 0 Å². The highest BCUT2D eigenvalue weighted by Crippen LogP contribution is 2.42. The Morgan fingerprint density at radius 3 is 2.89 bits per heavy atom. The maximum absolute atomic E-state index is 9.26. The summed E-state index contributed by atoms with van der Waals surface area (Å²) in [5.74, 6) is 1.26. The van der Waals surface area contributed by atoms with E-state index in [1.807, 2.05) is 0 Å². The summed E-state index contributed by atoms with van der Waals surface area (Å²) >= 11 is 0. The maximum Gasteiger partial charge on any atom is 0.247 e. The molecule has 2 aliphatic rings. The minimum atomic E-state index is -0.490. The van der Waals surface area contributed by atoms with Gasteiger partial charge in [0, 0.05) is 0 Å². The van der Waals surface area contributed by atoms with Crippen molar-refractivity contribution in [3.05, 3.63) is 11.7 Å². The summed E-state index contributed by atoms with van der Waals surface area (Å²) in [4.78, 5) is 4.48. The van der Waals surface area contributed by atoms with Crippen LogP contribution in [0.25, 0.3) is 0 Å². The molecule has 0 amide bonds. The summed E-state index contributed by atoms with van der Waals surface area (Å²) in [7, 11) is 0. The molecule has 1 atom stereocenters. The van der Waals surface area contributed by atoms with Crippen molar-refractivity contribution < 1.29 is 4.52 Å². The molecule has 1 aliphatic heterocycles. The third-order valence-corrected chi connectivity index (χ3v) is 4.14. The first kappa shape index (κ1) is 11.7. The average molecular weight is 246 g/mol. The molecule has 3 rings (SSSR count). The zero-order valence-electron chi connectivity index (χ0n) is 10.5. The molecule has 18 heavy (non-hydrogen) atoms. The lowest BCUT2D eigenvalue weighted by atomic mass is 9.70. The summed E-state index contributed by atoms with van der Waals surface area (Å²) in [6.45, 7) is 1.01. The van der Waals surface area contributed by atoms with E-state index < -0.39 is 5.41 Å². The molecule has 0 aromatic carbocycles. The van der Waals surface area contributed by atoms with Crippen LogP contribution in [0, 0.1) is 11.3 Å². The minimum Gasteiger partial charge on any atom is -0.338 e. The first-order chi connectivity index (χ1) is 8.84. The fraction of sp³-hybridized carbons (Fsp3) is 0.769.